The van der Waals surface area contributed by atoms with E-state index in [4.69, 9.17) is 16.0 Å². The summed E-state index contributed by atoms with van der Waals surface area (Å²) in [6.45, 7) is 2.23. The molecule has 0 amide bonds. The lowest BCUT2D eigenvalue weighted by Gasteiger charge is -2.12. The van der Waals surface area contributed by atoms with Gasteiger partial charge in [-0.3, -0.25) is 0 Å². The van der Waals surface area contributed by atoms with E-state index in [0.29, 0.717) is 6.04 Å². The van der Waals surface area contributed by atoms with Crippen molar-refractivity contribution in [2.75, 3.05) is 7.05 Å². The maximum absolute atomic E-state index is 6.00. The van der Waals surface area contributed by atoms with E-state index in [1.165, 1.54) is 25.7 Å². The number of hydrogen-bond acceptors (Lipinski definition) is 2. The Balaban J connectivity index is 2.07. The lowest BCUT2D eigenvalue weighted by Crippen LogP contribution is -2.15. The Hall–Kier alpha value is -0.990. The Morgan fingerprint density at radius 2 is 2.05 bits per heavy atom. The summed E-state index contributed by atoms with van der Waals surface area (Å²) in [7, 11) is 1.99. The second-order valence-electron chi connectivity index (χ2n) is 5.02. The summed E-state index contributed by atoms with van der Waals surface area (Å²) in [6.07, 6.45) is 6.22. The van der Waals surface area contributed by atoms with Crippen LogP contribution >= 0.6 is 11.6 Å². The average Bonchev–Trinajstić information content (AvgIpc) is 2.81. The Kier molecular flexibility index (Phi) is 5.29. The average molecular weight is 280 g/mol. The first-order chi connectivity index (χ1) is 9.24. The molecule has 0 radical (unpaired) electrons. The molecule has 2 rings (SSSR count). The molecular weight excluding hydrogens is 258 g/mol. The van der Waals surface area contributed by atoms with Crippen molar-refractivity contribution < 1.29 is 4.42 Å². The molecule has 3 heteroatoms. The molecule has 0 saturated carbocycles. The number of hydrogen-bond donors (Lipinski definition) is 1. The molecule has 1 aromatic heterocycles. The fraction of sp³-hybridized carbons (Fsp3) is 0.500. The van der Waals surface area contributed by atoms with Crippen LogP contribution in [0, 0.1) is 0 Å². The lowest BCUT2D eigenvalue weighted by atomic mass is 10.1. The van der Waals surface area contributed by atoms with Gasteiger partial charge in [-0.2, -0.15) is 0 Å². The van der Waals surface area contributed by atoms with Gasteiger partial charge in [0.2, 0.25) is 0 Å². The van der Waals surface area contributed by atoms with Crippen molar-refractivity contribution in [3.63, 3.8) is 0 Å². The molecule has 1 heterocycles. The second kappa shape index (κ2) is 6.97. The SMILES string of the molecule is CCCCCCC(NC)c1cc2cc(Cl)ccc2o1. The van der Waals surface area contributed by atoms with E-state index in [0.717, 1.165) is 28.2 Å². The van der Waals surface area contributed by atoms with Crippen LogP contribution in [0.15, 0.2) is 28.7 Å². The van der Waals surface area contributed by atoms with Gasteiger partial charge in [-0.25, -0.2) is 0 Å². The van der Waals surface area contributed by atoms with Crippen LogP contribution in [0.5, 0.6) is 0 Å². The van der Waals surface area contributed by atoms with Gasteiger partial charge in [0.1, 0.15) is 11.3 Å². The van der Waals surface area contributed by atoms with E-state index in [1.54, 1.807) is 0 Å². The van der Waals surface area contributed by atoms with E-state index in [2.05, 4.69) is 18.3 Å². The molecule has 1 aromatic carbocycles. The zero-order valence-corrected chi connectivity index (χ0v) is 12.5. The van der Waals surface area contributed by atoms with Crippen LogP contribution in [-0.2, 0) is 0 Å². The maximum atomic E-state index is 6.00. The summed E-state index contributed by atoms with van der Waals surface area (Å²) in [5, 5.41) is 5.18. The summed E-state index contributed by atoms with van der Waals surface area (Å²) in [5.41, 5.74) is 0.910. The molecule has 1 N–H and O–H groups in total. The van der Waals surface area contributed by atoms with Gasteiger partial charge in [0.15, 0.2) is 0 Å². The Morgan fingerprint density at radius 1 is 1.21 bits per heavy atom. The lowest BCUT2D eigenvalue weighted by molar-refractivity contribution is 0.418. The number of halogens is 1. The number of nitrogens with one attached hydrogen (secondary N) is 1. The number of fused-ring (bicyclic) bond motifs is 1. The number of furan rings is 1. The number of benzene rings is 1. The Morgan fingerprint density at radius 3 is 2.79 bits per heavy atom. The minimum Gasteiger partial charge on any atom is -0.459 e. The standard InChI is InChI=1S/C16H22ClNO/c1-3-4-5-6-7-14(18-2)16-11-12-10-13(17)8-9-15(12)19-16/h8-11,14,18H,3-7H2,1-2H3. The van der Waals surface area contributed by atoms with Gasteiger partial charge in [0.25, 0.3) is 0 Å². The highest BCUT2D eigenvalue weighted by molar-refractivity contribution is 6.31. The quantitative estimate of drug-likeness (QED) is 0.694. The first kappa shape index (κ1) is 14.4. The highest BCUT2D eigenvalue weighted by atomic mass is 35.5. The van der Waals surface area contributed by atoms with E-state index < -0.39 is 0 Å². The zero-order valence-electron chi connectivity index (χ0n) is 11.7. The van der Waals surface area contributed by atoms with Crippen molar-refractivity contribution in [2.24, 2.45) is 0 Å². The first-order valence-corrected chi connectivity index (χ1v) is 7.48. The van der Waals surface area contributed by atoms with E-state index in [1.807, 2.05) is 25.2 Å². The minimum atomic E-state index is 0.294. The predicted molar refractivity (Wildman–Crippen MR) is 81.8 cm³/mol. The fourth-order valence-corrected chi connectivity index (χ4v) is 2.59. The molecule has 0 bridgehead atoms. The van der Waals surface area contributed by atoms with Crippen molar-refractivity contribution in [3.05, 3.63) is 35.0 Å². The van der Waals surface area contributed by atoms with Crippen LogP contribution in [-0.4, -0.2) is 7.05 Å². The highest BCUT2D eigenvalue weighted by Crippen LogP contribution is 2.28. The maximum Gasteiger partial charge on any atom is 0.134 e. The van der Waals surface area contributed by atoms with Crippen LogP contribution in [0.4, 0.5) is 0 Å². The van der Waals surface area contributed by atoms with Gasteiger partial charge in [-0.1, -0.05) is 44.2 Å². The molecule has 19 heavy (non-hydrogen) atoms. The molecular formula is C16H22ClNO. The smallest absolute Gasteiger partial charge is 0.134 e. The second-order valence-corrected chi connectivity index (χ2v) is 5.46. The summed E-state index contributed by atoms with van der Waals surface area (Å²) in [5.74, 6) is 1.01. The number of unbranched alkanes of at least 4 members (excludes halogenated alkanes) is 3. The van der Waals surface area contributed by atoms with E-state index >= 15 is 0 Å². The molecule has 0 saturated heterocycles. The van der Waals surface area contributed by atoms with E-state index in [9.17, 15) is 0 Å². The highest BCUT2D eigenvalue weighted by Gasteiger charge is 2.14. The molecule has 0 aliphatic heterocycles. The topological polar surface area (TPSA) is 25.2 Å². The van der Waals surface area contributed by atoms with Crippen molar-refractivity contribution in [1.29, 1.82) is 0 Å². The zero-order chi connectivity index (χ0) is 13.7. The van der Waals surface area contributed by atoms with Gasteiger partial charge in [-0.05, 0) is 37.7 Å². The Labute approximate surface area is 120 Å². The fourth-order valence-electron chi connectivity index (χ4n) is 2.41. The molecule has 2 aromatic rings. The summed E-state index contributed by atoms with van der Waals surface area (Å²) in [6, 6.07) is 8.15. The van der Waals surface area contributed by atoms with Crippen LogP contribution < -0.4 is 5.32 Å². The van der Waals surface area contributed by atoms with Gasteiger partial charge in [-0.15, -0.1) is 0 Å². The molecule has 104 valence electrons. The summed E-state index contributed by atoms with van der Waals surface area (Å²) < 4.78 is 5.91. The van der Waals surface area contributed by atoms with Crippen molar-refractivity contribution in [2.45, 2.75) is 45.1 Å². The minimum absolute atomic E-state index is 0.294. The molecule has 0 fully saturated rings. The molecule has 1 unspecified atom stereocenters. The van der Waals surface area contributed by atoms with Crippen LogP contribution in [0.3, 0.4) is 0 Å². The summed E-state index contributed by atoms with van der Waals surface area (Å²) in [4.78, 5) is 0. The van der Waals surface area contributed by atoms with Gasteiger partial charge in [0, 0.05) is 10.4 Å². The van der Waals surface area contributed by atoms with Crippen LogP contribution in [0.25, 0.3) is 11.0 Å². The molecule has 0 aliphatic carbocycles. The van der Waals surface area contributed by atoms with Gasteiger partial charge in [0.05, 0.1) is 6.04 Å². The van der Waals surface area contributed by atoms with Gasteiger partial charge < -0.3 is 9.73 Å². The normalized spacial score (nSPS) is 13.0. The van der Waals surface area contributed by atoms with Gasteiger partial charge >= 0.3 is 0 Å². The van der Waals surface area contributed by atoms with Crippen molar-refractivity contribution in [1.82, 2.24) is 5.32 Å². The van der Waals surface area contributed by atoms with Crippen LogP contribution in [0.1, 0.15) is 50.8 Å². The molecule has 0 aliphatic rings. The van der Waals surface area contributed by atoms with Crippen molar-refractivity contribution in [3.8, 4) is 0 Å². The third kappa shape index (κ3) is 3.74. The summed E-state index contributed by atoms with van der Waals surface area (Å²) >= 11 is 6.00. The molecule has 2 nitrogen and oxygen atoms in total. The predicted octanol–water partition coefficient (Wildman–Crippen LogP) is 5.32. The first-order valence-electron chi connectivity index (χ1n) is 7.11. The monoisotopic (exact) mass is 279 g/mol. The van der Waals surface area contributed by atoms with Crippen LogP contribution in [0.2, 0.25) is 5.02 Å². The molecule has 0 spiro atoms. The third-order valence-electron chi connectivity index (χ3n) is 3.54. The largest absolute Gasteiger partial charge is 0.459 e. The number of rotatable bonds is 7. The Bertz CT molecular complexity index is 520. The van der Waals surface area contributed by atoms with Crippen molar-refractivity contribution >= 4 is 22.6 Å². The van der Waals surface area contributed by atoms with E-state index in [-0.39, 0.29) is 0 Å². The third-order valence-corrected chi connectivity index (χ3v) is 3.77. The molecule has 1 atom stereocenters.